The standard InChI is InChI=1S/C9H12O5/c1-4-9(8(12)13-3)5(2)6(10)7(11)14-9/h10H,4H2,1-3H3. The van der Waals surface area contributed by atoms with Gasteiger partial charge in [-0.2, -0.15) is 0 Å². The fourth-order valence-electron chi connectivity index (χ4n) is 1.47. The van der Waals surface area contributed by atoms with E-state index in [9.17, 15) is 14.7 Å². The zero-order chi connectivity index (χ0) is 10.9. The van der Waals surface area contributed by atoms with Crippen LogP contribution in [0.2, 0.25) is 0 Å². The van der Waals surface area contributed by atoms with Crippen molar-refractivity contribution in [1.82, 2.24) is 0 Å². The number of cyclic esters (lactones) is 1. The Kier molecular flexibility index (Phi) is 2.51. The summed E-state index contributed by atoms with van der Waals surface area (Å²) in [6, 6.07) is 0. The number of hydrogen-bond donors (Lipinski definition) is 1. The average molecular weight is 200 g/mol. The molecule has 1 atom stereocenters. The van der Waals surface area contributed by atoms with E-state index >= 15 is 0 Å². The molecule has 0 spiro atoms. The highest BCUT2D eigenvalue weighted by Crippen LogP contribution is 2.35. The van der Waals surface area contributed by atoms with Gasteiger partial charge < -0.3 is 14.6 Å². The summed E-state index contributed by atoms with van der Waals surface area (Å²) >= 11 is 0. The summed E-state index contributed by atoms with van der Waals surface area (Å²) in [6.45, 7) is 3.15. The van der Waals surface area contributed by atoms with Crippen molar-refractivity contribution in [3.05, 3.63) is 11.3 Å². The maximum absolute atomic E-state index is 11.4. The second kappa shape index (κ2) is 3.32. The molecule has 1 aliphatic rings. The Morgan fingerprint density at radius 2 is 2.21 bits per heavy atom. The van der Waals surface area contributed by atoms with Gasteiger partial charge in [0, 0.05) is 5.57 Å². The number of ether oxygens (including phenoxy) is 2. The van der Waals surface area contributed by atoms with Crippen molar-refractivity contribution >= 4 is 11.9 Å². The molecule has 1 heterocycles. The predicted molar refractivity (Wildman–Crippen MR) is 46.5 cm³/mol. The number of aliphatic hydroxyl groups is 1. The first kappa shape index (κ1) is 10.6. The second-order valence-corrected chi connectivity index (χ2v) is 3.04. The summed E-state index contributed by atoms with van der Waals surface area (Å²) < 4.78 is 9.37. The number of hydrogen-bond acceptors (Lipinski definition) is 5. The summed E-state index contributed by atoms with van der Waals surface area (Å²) in [5, 5.41) is 9.27. The highest BCUT2D eigenvalue weighted by atomic mass is 16.6. The molecule has 0 fully saturated rings. The van der Waals surface area contributed by atoms with Crippen LogP contribution in [0.5, 0.6) is 0 Å². The van der Waals surface area contributed by atoms with Gasteiger partial charge in [-0.25, -0.2) is 9.59 Å². The van der Waals surface area contributed by atoms with Crippen molar-refractivity contribution in [3.63, 3.8) is 0 Å². The summed E-state index contributed by atoms with van der Waals surface area (Å²) in [5.41, 5.74) is -1.23. The third-order valence-corrected chi connectivity index (χ3v) is 2.43. The van der Waals surface area contributed by atoms with Gasteiger partial charge >= 0.3 is 11.9 Å². The molecule has 1 rings (SSSR count). The van der Waals surface area contributed by atoms with E-state index in [0.29, 0.717) is 0 Å². The van der Waals surface area contributed by atoms with Crippen LogP contribution in [0.3, 0.4) is 0 Å². The molecule has 0 aromatic rings. The van der Waals surface area contributed by atoms with Gasteiger partial charge in [-0.05, 0) is 13.3 Å². The molecule has 0 bridgehead atoms. The predicted octanol–water partition coefficient (Wildman–Crippen LogP) is 0.697. The third-order valence-electron chi connectivity index (χ3n) is 2.43. The van der Waals surface area contributed by atoms with E-state index < -0.39 is 23.3 Å². The van der Waals surface area contributed by atoms with Crippen LogP contribution in [0, 0.1) is 0 Å². The molecule has 78 valence electrons. The van der Waals surface area contributed by atoms with Gasteiger partial charge in [-0.3, -0.25) is 0 Å². The fourth-order valence-corrected chi connectivity index (χ4v) is 1.47. The van der Waals surface area contributed by atoms with Crippen molar-refractivity contribution < 1.29 is 24.2 Å². The molecule has 14 heavy (non-hydrogen) atoms. The lowest BCUT2D eigenvalue weighted by Gasteiger charge is -2.24. The Morgan fingerprint density at radius 1 is 1.64 bits per heavy atom. The second-order valence-electron chi connectivity index (χ2n) is 3.04. The van der Waals surface area contributed by atoms with Crippen LogP contribution in [0.15, 0.2) is 11.3 Å². The Balaban J connectivity index is 3.18. The van der Waals surface area contributed by atoms with E-state index in [2.05, 4.69) is 4.74 Å². The van der Waals surface area contributed by atoms with Crippen molar-refractivity contribution in [2.75, 3.05) is 7.11 Å². The number of esters is 2. The van der Waals surface area contributed by atoms with Crippen molar-refractivity contribution in [2.45, 2.75) is 25.9 Å². The zero-order valence-electron chi connectivity index (χ0n) is 8.29. The Morgan fingerprint density at radius 3 is 2.50 bits per heavy atom. The van der Waals surface area contributed by atoms with Crippen molar-refractivity contribution in [2.24, 2.45) is 0 Å². The SMILES string of the molecule is CCC1(C(=O)OC)OC(=O)C(O)=C1C. The Bertz CT molecular complexity index is 317. The van der Waals surface area contributed by atoms with Crippen LogP contribution in [-0.4, -0.2) is 29.8 Å². The van der Waals surface area contributed by atoms with Crippen LogP contribution in [-0.2, 0) is 19.1 Å². The highest BCUT2D eigenvalue weighted by Gasteiger charge is 2.51. The van der Waals surface area contributed by atoms with Gasteiger partial charge in [0.1, 0.15) is 0 Å². The maximum Gasteiger partial charge on any atom is 0.374 e. The molecule has 5 nitrogen and oxygen atoms in total. The van der Waals surface area contributed by atoms with E-state index in [1.807, 2.05) is 0 Å². The smallest absolute Gasteiger partial charge is 0.374 e. The molecule has 5 heteroatoms. The van der Waals surface area contributed by atoms with Crippen LogP contribution >= 0.6 is 0 Å². The van der Waals surface area contributed by atoms with Crippen LogP contribution in [0.1, 0.15) is 20.3 Å². The summed E-state index contributed by atoms with van der Waals surface area (Å²) in [5.74, 6) is -2.05. The molecular formula is C9H12O5. The highest BCUT2D eigenvalue weighted by molar-refractivity contribution is 5.98. The molecule has 1 N–H and O–H groups in total. The summed E-state index contributed by atoms with van der Waals surface area (Å²) in [7, 11) is 1.20. The zero-order valence-corrected chi connectivity index (χ0v) is 8.29. The van der Waals surface area contributed by atoms with Crippen molar-refractivity contribution in [3.8, 4) is 0 Å². The maximum atomic E-state index is 11.4. The van der Waals surface area contributed by atoms with Crippen LogP contribution < -0.4 is 0 Å². The average Bonchev–Trinajstić information content (AvgIpc) is 2.42. The van der Waals surface area contributed by atoms with E-state index in [-0.39, 0.29) is 12.0 Å². The number of rotatable bonds is 2. The molecule has 1 unspecified atom stereocenters. The minimum Gasteiger partial charge on any atom is -0.502 e. The molecule has 0 saturated carbocycles. The molecule has 0 amide bonds. The molecular weight excluding hydrogens is 188 g/mol. The van der Waals surface area contributed by atoms with Crippen molar-refractivity contribution in [1.29, 1.82) is 0 Å². The normalized spacial score (nSPS) is 26.4. The van der Waals surface area contributed by atoms with Gasteiger partial charge in [0.05, 0.1) is 7.11 Å². The number of methoxy groups -OCH3 is 1. The van der Waals surface area contributed by atoms with Gasteiger partial charge in [-0.15, -0.1) is 0 Å². The lowest BCUT2D eigenvalue weighted by atomic mass is 9.93. The molecule has 0 aromatic heterocycles. The third kappa shape index (κ3) is 1.16. The minimum absolute atomic E-state index is 0.205. The van der Waals surface area contributed by atoms with E-state index in [4.69, 9.17) is 4.74 Å². The number of carbonyl (C=O) groups is 2. The number of carbonyl (C=O) groups excluding carboxylic acids is 2. The quantitative estimate of drug-likeness (QED) is 0.664. The monoisotopic (exact) mass is 200 g/mol. The van der Waals surface area contributed by atoms with Gasteiger partial charge in [0.15, 0.2) is 0 Å². The summed E-state index contributed by atoms with van der Waals surface area (Å²) in [4.78, 5) is 22.5. The largest absolute Gasteiger partial charge is 0.502 e. The lowest BCUT2D eigenvalue weighted by molar-refractivity contribution is -0.171. The Hall–Kier alpha value is -1.52. The first-order chi connectivity index (χ1) is 6.49. The molecule has 1 aliphatic heterocycles. The molecule has 0 saturated heterocycles. The topological polar surface area (TPSA) is 72.8 Å². The first-order valence-electron chi connectivity index (χ1n) is 4.21. The number of aliphatic hydroxyl groups excluding tert-OH is 1. The lowest BCUT2D eigenvalue weighted by Crippen LogP contribution is -2.41. The molecule has 0 aromatic carbocycles. The van der Waals surface area contributed by atoms with Crippen LogP contribution in [0.4, 0.5) is 0 Å². The van der Waals surface area contributed by atoms with Gasteiger partial charge in [0.2, 0.25) is 11.4 Å². The van der Waals surface area contributed by atoms with E-state index in [1.54, 1.807) is 6.92 Å². The van der Waals surface area contributed by atoms with E-state index in [1.165, 1.54) is 14.0 Å². The minimum atomic E-state index is -1.43. The molecule has 0 radical (unpaired) electrons. The van der Waals surface area contributed by atoms with E-state index in [0.717, 1.165) is 0 Å². The van der Waals surface area contributed by atoms with Gasteiger partial charge in [0.25, 0.3) is 0 Å². The van der Waals surface area contributed by atoms with Gasteiger partial charge in [-0.1, -0.05) is 6.92 Å². The first-order valence-corrected chi connectivity index (χ1v) is 4.21. The Labute approximate surface area is 81.3 Å². The summed E-state index contributed by atoms with van der Waals surface area (Å²) in [6.07, 6.45) is 0.237. The molecule has 0 aliphatic carbocycles. The fraction of sp³-hybridized carbons (Fsp3) is 0.556. The van der Waals surface area contributed by atoms with Crippen LogP contribution in [0.25, 0.3) is 0 Å².